The van der Waals surface area contributed by atoms with Crippen LogP contribution in [0.2, 0.25) is 0 Å². The number of carbonyl (C=O) groups excluding carboxylic acids is 1. The second kappa shape index (κ2) is 8.80. The van der Waals surface area contributed by atoms with Crippen molar-refractivity contribution in [1.82, 2.24) is 14.5 Å². The van der Waals surface area contributed by atoms with E-state index in [1.165, 1.54) is 16.3 Å². The summed E-state index contributed by atoms with van der Waals surface area (Å²) in [5.74, 6) is 0.148. The van der Waals surface area contributed by atoms with Gasteiger partial charge in [0.05, 0.1) is 15.5 Å². The van der Waals surface area contributed by atoms with Crippen LogP contribution in [0.4, 0.5) is 5.82 Å². The number of carbonyl (C=O) groups is 1. The molecule has 0 atom stereocenters. The normalized spacial score (nSPS) is 17.8. The molecule has 1 saturated heterocycles. The molecule has 7 nitrogen and oxygen atoms in total. The highest BCUT2D eigenvalue weighted by molar-refractivity contribution is 7.89. The number of aryl methyl sites for hydroxylation is 2. The molecule has 9 heteroatoms. The Balaban J connectivity index is 1.20. The predicted molar refractivity (Wildman–Crippen MR) is 125 cm³/mol. The Morgan fingerprint density at radius 3 is 2.62 bits per heavy atom. The van der Waals surface area contributed by atoms with E-state index >= 15 is 0 Å². The molecule has 1 fully saturated rings. The quantitative estimate of drug-likeness (QED) is 0.588. The van der Waals surface area contributed by atoms with E-state index < -0.39 is 10.0 Å². The van der Waals surface area contributed by atoms with Crippen molar-refractivity contribution in [3.05, 3.63) is 52.9 Å². The molecule has 0 spiro atoms. The first-order valence-corrected chi connectivity index (χ1v) is 13.3. The van der Waals surface area contributed by atoms with Crippen molar-refractivity contribution in [3.63, 3.8) is 0 Å². The second-order valence-corrected chi connectivity index (χ2v) is 11.3. The molecule has 1 aliphatic heterocycles. The summed E-state index contributed by atoms with van der Waals surface area (Å²) in [6.45, 7) is 0.691. The van der Waals surface area contributed by atoms with Crippen LogP contribution in [0.5, 0.6) is 0 Å². The first kappa shape index (κ1) is 21.4. The minimum Gasteiger partial charge on any atom is -0.309 e. The number of thiophene rings is 1. The number of amides is 1. The number of hydrogen-bond acceptors (Lipinski definition) is 5. The second-order valence-electron chi connectivity index (χ2n) is 8.45. The van der Waals surface area contributed by atoms with Crippen molar-refractivity contribution in [3.8, 4) is 10.6 Å². The van der Waals surface area contributed by atoms with Crippen molar-refractivity contribution in [1.29, 1.82) is 0 Å². The highest BCUT2D eigenvalue weighted by Gasteiger charge is 2.32. The molecule has 168 valence electrons. The van der Waals surface area contributed by atoms with E-state index in [9.17, 15) is 13.2 Å². The summed E-state index contributed by atoms with van der Waals surface area (Å²) in [4.78, 5) is 14.1. The van der Waals surface area contributed by atoms with Gasteiger partial charge in [0.2, 0.25) is 15.9 Å². The molecule has 1 aliphatic carbocycles. The van der Waals surface area contributed by atoms with Gasteiger partial charge in [-0.3, -0.25) is 9.89 Å². The lowest BCUT2D eigenvalue weighted by molar-refractivity contribution is -0.120. The molecule has 1 amide bonds. The number of fused-ring (bicyclic) bond motifs is 1. The van der Waals surface area contributed by atoms with Gasteiger partial charge < -0.3 is 5.32 Å². The van der Waals surface area contributed by atoms with Gasteiger partial charge in [0.1, 0.15) is 0 Å². The van der Waals surface area contributed by atoms with E-state index in [0.29, 0.717) is 36.6 Å². The summed E-state index contributed by atoms with van der Waals surface area (Å²) in [7, 11) is -3.54. The van der Waals surface area contributed by atoms with E-state index in [1.807, 2.05) is 35.7 Å². The Bertz CT molecular complexity index is 1210. The van der Waals surface area contributed by atoms with Crippen LogP contribution in [0.1, 0.15) is 36.8 Å². The molecule has 5 rings (SSSR count). The van der Waals surface area contributed by atoms with Crippen molar-refractivity contribution in [2.24, 2.45) is 5.92 Å². The number of nitrogens with zero attached hydrogens (tertiary/aromatic N) is 2. The average Bonchev–Trinajstić information content (AvgIpc) is 3.51. The molecule has 0 bridgehead atoms. The van der Waals surface area contributed by atoms with E-state index in [4.69, 9.17) is 0 Å². The largest absolute Gasteiger partial charge is 0.309 e. The lowest BCUT2D eigenvalue weighted by Crippen LogP contribution is -2.41. The number of sulfonamides is 1. The molecule has 2 aromatic heterocycles. The number of rotatable bonds is 5. The van der Waals surface area contributed by atoms with E-state index in [-0.39, 0.29) is 11.8 Å². The fourth-order valence-corrected chi connectivity index (χ4v) is 6.76. The summed E-state index contributed by atoms with van der Waals surface area (Å²) in [6.07, 6.45) is 5.25. The Kier molecular flexibility index (Phi) is 5.88. The van der Waals surface area contributed by atoms with Gasteiger partial charge in [0, 0.05) is 25.1 Å². The third-order valence-electron chi connectivity index (χ3n) is 6.40. The van der Waals surface area contributed by atoms with Gasteiger partial charge in [0.25, 0.3) is 0 Å². The molecule has 0 radical (unpaired) electrons. The highest BCUT2D eigenvalue weighted by atomic mass is 32.2. The first-order valence-electron chi connectivity index (χ1n) is 11.0. The fourth-order valence-electron chi connectivity index (χ4n) is 4.55. The standard InChI is InChI=1S/C23H26N4O3S2/c28-23(24-22-15-20(25-26-22)21-6-3-13-31-21)17-9-11-27(12-10-17)32(29,30)19-8-7-16-4-1-2-5-18(16)14-19/h3,6-8,13-15,17H,1-2,4-5,9-12H2,(H2,24,25,26,28). The SMILES string of the molecule is O=C(Nc1cc(-c2cccs2)[nH]n1)C1CCN(S(=O)(=O)c2ccc3c(c2)CCCC3)CC1. The Hall–Kier alpha value is -2.49. The van der Waals surface area contributed by atoms with Crippen molar-refractivity contribution < 1.29 is 13.2 Å². The van der Waals surface area contributed by atoms with Crippen LogP contribution in [0.3, 0.4) is 0 Å². The zero-order valence-corrected chi connectivity index (χ0v) is 19.3. The number of aromatic amines is 1. The molecule has 3 heterocycles. The molecule has 2 N–H and O–H groups in total. The Morgan fingerprint density at radius 1 is 1.09 bits per heavy atom. The fraction of sp³-hybridized carbons (Fsp3) is 0.391. The molecule has 0 saturated carbocycles. The number of piperidine rings is 1. The Labute approximate surface area is 191 Å². The number of benzene rings is 1. The average molecular weight is 471 g/mol. The minimum atomic E-state index is -3.54. The van der Waals surface area contributed by atoms with Gasteiger partial charge in [-0.05, 0) is 73.2 Å². The first-order chi connectivity index (χ1) is 15.5. The maximum atomic E-state index is 13.2. The molecule has 2 aliphatic rings. The maximum absolute atomic E-state index is 13.2. The Morgan fingerprint density at radius 2 is 1.88 bits per heavy atom. The smallest absolute Gasteiger partial charge is 0.243 e. The number of anilines is 1. The van der Waals surface area contributed by atoms with Crippen LogP contribution in [-0.4, -0.2) is 41.9 Å². The molecule has 3 aromatic rings. The third-order valence-corrected chi connectivity index (χ3v) is 9.20. The zero-order chi connectivity index (χ0) is 22.1. The minimum absolute atomic E-state index is 0.111. The number of aromatic nitrogens is 2. The van der Waals surface area contributed by atoms with Crippen molar-refractivity contribution in [2.75, 3.05) is 18.4 Å². The van der Waals surface area contributed by atoms with Gasteiger partial charge in [0.15, 0.2) is 5.82 Å². The third kappa shape index (κ3) is 4.24. The molecule has 1 aromatic carbocycles. The summed E-state index contributed by atoms with van der Waals surface area (Å²) in [5.41, 5.74) is 3.29. The maximum Gasteiger partial charge on any atom is 0.243 e. The van der Waals surface area contributed by atoms with Gasteiger partial charge in [-0.15, -0.1) is 11.3 Å². The predicted octanol–water partition coefficient (Wildman–Crippen LogP) is 4.06. The topological polar surface area (TPSA) is 95.2 Å². The van der Waals surface area contributed by atoms with E-state index in [2.05, 4.69) is 15.5 Å². The van der Waals surface area contributed by atoms with Crippen LogP contribution in [0.25, 0.3) is 10.6 Å². The monoisotopic (exact) mass is 470 g/mol. The van der Waals surface area contributed by atoms with Crippen LogP contribution in [0.15, 0.2) is 46.7 Å². The van der Waals surface area contributed by atoms with Crippen molar-refractivity contribution in [2.45, 2.75) is 43.4 Å². The highest BCUT2D eigenvalue weighted by Crippen LogP contribution is 2.29. The number of nitrogens with one attached hydrogen (secondary N) is 2. The van der Waals surface area contributed by atoms with Crippen LogP contribution in [-0.2, 0) is 27.7 Å². The molecular weight excluding hydrogens is 444 g/mol. The number of hydrogen-bond donors (Lipinski definition) is 2. The lowest BCUT2D eigenvalue weighted by atomic mass is 9.92. The van der Waals surface area contributed by atoms with Gasteiger partial charge in [-0.2, -0.15) is 9.40 Å². The summed E-state index contributed by atoms with van der Waals surface area (Å²) in [6, 6.07) is 11.3. The summed E-state index contributed by atoms with van der Waals surface area (Å²) in [5, 5.41) is 12.0. The number of H-pyrrole nitrogens is 1. The van der Waals surface area contributed by atoms with Crippen LogP contribution < -0.4 is 5.32 Å². The van der Waals surface area contributed by atoms with Crippen LogP contribution >= 0.6 is 11.3 Å². The summed E-state index contributed by atoms with van der Waals surface area (Å²) >= 11 is 1.60. The molecule has 32 heavy (non-hydrogen) atoms. The van der Waals surface area contributed by atoms with Gasteiger partial charge in [-0.1, -0.05) is 12.1 Å². The molecule has 0 unspecified atom stereocenters. The van der Waals surface area contributed by atoms with Crippen molar-refractivity contribution >= 4 is 33.1 Å². The van der Waals surface area contributed by atoms with Gasteiger partial charge >= 0.3 is 0 Å². The van der Waals surface area contributed by atoms with Crippen LogP contribution in [0, 0.1) is 5.92 Å². The van der Waals surface area contributed by atoms with E-state index in [1.54, 1.807) is 17.4 Å². The lowest BCUT2D eigenvalue weighted by Gasteiger charge is -2.30. The van der Waals surface area contributed by atoms with E-state index in [0.717, 1.165) is 35.4 Å². The zero-order valence-electron chi connectivity index (χ0n) is 17.7. The van der Waals surface area contributed by atoms with Gasteiger partial charge in [-0.25, -0.2) is 8.42 Å². The molecular formula is C23H26N4O3S2. The summed E-state index contributed by atoms with van der Waals surface area (Å²) < 4.78 is 27.9.